The van der Waals surface area contributed by atoms with Crippen molar-refractivity contribution in [3.05, 3.63) is 62.8 Å². The van der Waals surface area contributed by atoms with E-state index in [1.165, 1.54) is 12.1 Å². The van der Waals surface area contributed by atoms with Crippen LogP contribution in [0.25, 0.3) is 11.0 Å². The Kier molecular flexibility index (Phi) is 3.57. The number of nitrogens with zero attached hydrogens (tertiary/aromatic N) is 1. The number of imidazole rings is 1. The molecule has 3 rings (SSSR count). The lowest BCUT2D eigenvalue weighted by Gasteiger charge is -2.08. The third kappa shape index (κ3) is 2.55. The Hall–Kier alpha value is -2.12. The highest BCUT2D eigenvalue weighted by Crippen LogP contribution is 2.24. The van der Waals surface area contributed by atoms with E-state index in [9.17, 15) is 17.6 Å². The molecule has 0 aliphatic carbocycles. The van der Waals surface area contributed by atoms with Gasteiger partial charge in [0.05, 0.1) is 21.0 Å². The van der Waals surface area contributed by atoms with Gasteiger partial charge in [0, 0.05) is 6.07 Å². The first-order valence-electron chi connectivity index (χ1n) is 6.64. The molecule has 0 saturated carbocycles. The van der Waals surface area contributed by atoms with Crippen molar-refractivity contribution in [1.29, 1.82) is 0 Å². The average molecular weight is 355 g/mol. The van der Waals surface area contributed by atoms with Gasteiger partial charge in [-0.1, -0.05) is 17.7 Å². The Labute approximate surface area is 136 Å². The molecule has 1 heterocycles. The van der Waals surface area contributed by atoms with E-state index in [-0.39, 0.29) is 21.0 Å². The Morgan fingerprint density at radius 3 is 2.30 bits per heavy atom. The summed E-state index contributed by atoms with van der Waals surface area (Å²) in [4.78, 5) is 14.4. The Bertz CT molecular complexity index is 1080. The van der Waals surface area contributed by atoms with Gasteiger partial charge in [-0.2, -0.15) is 3.97 Å². The van der Waals surface area contributed by atoms with Gasteiger partial charge in [0.1, 0.15) is 5.82 Å². The monoisotopic (exact) mass is 354 g/mol. The summed E-state index contributed by atoms with van der Waals surface area (Å²) in [6.45, 7) is 3.52. The summed E-state index contributed by atoms with van der Waals surface area (Å²) in [5, 5.41) is -0.263. The predicted molar refractivity (Wildman–Crippen MR) is 86.0 cm³/mol. The van der Waals surface area contributed by atoms with Crippen LogP contribution in [0.3, 0.4) is 0 Å². The zero-order valence-electron chi connectivity index (χ0n) is 12.2. The predicted octanol–water partition coefficient (Wildman–Crippen LogP) is 2.98. The number of fused-ring (bicyclic) bond motifs is 1. The lowest BCUT2D eigenvalue weighted by Crippen LogP contribution is -2.25. The zero-order chi connectivity index (χ0) is 16.9. The van der Waals surface area contributed by atoms with Crippen LogP contribution in [0.4, 0.5) is 4.39 Å². The van der Waals surface area contributed by atoms with Crippen LogP contribution >= 0.6 is 11.6 Å². The van der Waals surface area contributed by atoms with Gasteiger partial charge in [-0.05, 0) is 43.2 Å². The van der Waals surface area contributed by atoms with Crippen LogP contribution in [-0.2, 0) is 10.0 Å². The van der Waals surface area contributed by atoms with Crippen LogP contribution in [0.2, 0.25) is 5.02 Å². The summed E-state index contributed by atoms with van der Waals surface area (Å²) in [6.07, 6.45) is 0. The minimum atomic E-state index is -4.14. The third-order valence-electron chi connectivity index (χ3n) is 3.42. The summed E-state index contributed by atoms with van der Waals surface area (Å²) < 4.78 is 39.8. The molecular formula is C15H12ClFN2O3S. The number of rotatable bonds is 2. The van der Waals surface area contributed by atoms with Crippen LogP contribution in [0.5, 0.6) is 0 Å². The van der Waals surface area contributed by atoms with Crippen LogP contribution < -0.4 is 5.69 Å². The average Bonchev–Trinajstić information content (AvgIpc) is 2.74. The molecule has 0 fully saturated rings. The van der Waals surface area contributed by atoms with E-state index in [2.05, 4.69) is 4.98 Å². The maximum atomic E-state index is 13.5. The molecule has 8 heteroatoms. The molecule has 2 aromatic carbocycles. The number of H-pyrrole nitrogens is 1. The summed E-state index contributed by atoms with van der Waals surface area (Å²) in [7, 11) is -4.14. The molecule has 0 atom stereocenters. The Morgan fingerprint density at radius 1 is 1.09 bits per heavy atom. The van der Waals surface area contributed by atoms with Crippen molar-refractivity contribution in [2.75, 3.05) is 0 Å². The first kappa shape index (κ1) is 15.8. The second kappa shape index (κ2) is 5.21. The van der Waals surface area contributed by atoms with Gasteiger partial charge in [-0.25, -0.2) is 17.6 Å². The first-order valence-corrected chi connectivity index (χ1v) is 8.45. The SMILES string of the molecule is Cc1cc(C)cc(S(=O)(=O)n2c(=O)[nH]c3cc(F)c(Cl)cc32)c1. The van der Waals surface area contributed by atoms with E-state index in [1.54, 1.807) is 13.8 Å². The molecular weight excluding hydrogens is 343 g/mol. The molecule has 0 bridgehead atoms. The van der Waals surface area contributed by atoms with Gasteiger partial charge in [0.15, 0.2) is 0 Å². The molecule has 0 aliphatic rings. The van der Waals surface area contributed by atoms with Crippen LogP contribution in [-0.4, -0.2) is 17.4 Å². The second-order valence-corrected chi connectivity index (χ2v) is 7.50. The van der Waals surface area contributed by atoms with Gasteiger partial charge >= 0.3 is 5.69 Å². The number of hydrogen-bond acceptors (Lipinski definition) is 3. The highest BCUT2D eigenvalue weighted by Gasteiger charge is 2.24. The molecule has 120 valence electrons. The number of halogens is 2. The van der Waals surface area contributed by atoms with Crippen molar-refractivity contribution < 1.29 is 12.8 Å². The van der Waals surface area contributed by atoms with E-state index < -0.39 is 21.5 Å². The molecule has 0 saturated heterocycles. The summed E-state index contributed by atoms with van der Waals surface area (Å²) >= 11 is 5.72. The molecule has 3 aromatic rings. The summed E-state index contributed by atoms with van der Waals surface area (Å²) in [5.41, 5.74) is 0.687. The van der Waals surface area contributed by atoms with Gasteiger partial charge in [0.2, 0.25) is 0 Å². The molecule has 5 nitrogen and oxygen atoms in total. The minimum absolute atomic E-state index is 0.000518. The van der Waals surface area contributed by atoms with E-state index in [0.717, 1.165) is 23.3 Å². The van der Waals surface area contributed by atoms with Crippen LogP contribution in [0.15, 0.2) is 40.0 Å². The highest BCUT2D eigenvalue weighted by atomic mass is 35.5. The van der Waals surface area contributed by atoms with Crippen molar-refractivity contribution in [2.24, 2.45) is 0 Å². The van der Waals surface area contributed by atoms with Gasteiger partial charge in [-0.3, -0.25) is 0 Å². The summed E-state index contributed by atoms with van der Waals surface area (Å²) in [6, 6.07) is 6.87. The maximum Gasteiger partial charge on any atom is 0.340 e. The lowest BCUT2D eigenvalue weighted by molar-refractivity contribution is 0.587. The molecule has 0 spiro atoms. The van der Waals surface area contributed by atoms with E-state index >= 15 is 0 Å². The topological polar surface area (TPSA) is 71.9 Å². The van der Waals surface area contributed by atoms with Crippen molar-refractivity contribution in [3.8, 4) is 0 Å². The normalized spacial score (nSPS) is 12.0. The number of aryl methyl sites for hydroxylation is 2. The number of hydrogen-bond donors (Lipinski definition) is 1. The number of nitrogens with one attached hydrogen (secondary N) is 1. The quantitative estimate of drug-likeness (QED) is 0.769. The van der Waals surface area contributed by atoms with Gasteiger partial charge in [-0.15, -0.1) is 0 Å². The molecule has 0 aliphatic heterocycles. The standard InChI is InChI=1S/C15H12ClFN2O3S/c1-8-3-9(2)5-10(4-8)23(21,22)19-14-6-11(16)12(17)7-13(14)18-15(19)20/h3-7H,1-2H3,(H,18,20). The van der Waals surface area contributed by atoms with Crippen molar-refractivity contribution in [2.45, 2.75) is 18.7 Å². The molecule has 1 aromatic heterocycles. The Balaban J connectivity index is 2.37. The minimum Gasteiger partial charge on any atom is -0.305 e. The molecule has 23 heavy (non-hydrogen) atoms. The van der Waals surface area contributed by atoms with E-state index in [1.807, 2.05) is 6.07 Å². The molecule has 0 radical (unpaired) electrons. The number of benzene rings is 2. The first-order chi connectivity index (χ1) is 10.7. The highest BCUT2D eigenvalue weighted by molar-refractivity contribution is 7.90. The zero-order valence-corrected chi connectivity index (χ0v) is 13.8. The largest absolute Gasteiger partial charge is 0.340 e. The Morgan fingerprint density at radius 2 is 1.70 bits per heavy atom. The van der Waals surface area contributed by atoms with Crippen molar-refractivity contribution in [3.63, 3.8) is 0 Å². The second-order valence-electron chi connectivity index (χ2n) is 5.31. The van der Waals surface area contributed by atoms with Crippen molar-refractivity contribution in [1.82, 2.24) is 8.96 Å². The maximum absolute atomic E-state index is 13.5. The summed E-state index contributed by atoms with van der Waals surface area (Å²) in [5.74, 6) is -0.739. The third-order valence-corrected chi connectivity index (χ3v) is 5.38. The fourth-order valence-electron chi connectivity index (χ4n) is 2.51. The number of aromatic nitrogens is 2. The molecule has 1 N–H and O–H groups in total. The van der Waals surface area contributed by atoms with E-state index in [0.29, 0.717) is 3.97 Å². The van der Waals surface area contributed by atoms with Crippen molar-refractivity contribution >= 4 is 32.7 Å². The van der Waals surface area contributed by atoms with E-state index in [4.69, 9.17) is 11.6 Å². The van der Waals surface area contributed by atoms with Gasteiger partial charge < -0.3 is 4.98 Å². The fraction of sp³-hybridized carbons (Fsp3) is 0.133. The molecule has 0 unspecified atom stereocenters. The van der Waals surface area contributed by atoms with Gasteiger partial charge in [0.25, 0.3) is 10.0 Å². The van der Waals surface area contributed by atoms with Crippen LogP contribution in [0, 0.1) is 19.7 Å². The fourth-order valence-corrected chi connectivity index (χ4v) is 4.22. The van der Waals surface area contributed by atoms with Crippen LogP contribution in [0.1, 0.15) is 11.1 Å². The number of aromatic amines is 1. The molecule has 0 amide bonds. The smallest absolute Gasteiger partial charge is 0.305 e. The lowest BCUT2D eigenvalue weighted by atomic mass is 10.2.